The summed E-state index contributed by atoms with van der Waals surface area (Å²) in [7, 11) is 1.61. The number of rotatable bonds is 8. The van der Waals surface area contributed by atoms with Crippen LogP contribution in [0.25, 0.3) is 0 Å². The summed E-state index contributed by atoms with van der Waals surface area (Å²) in [6.07, 6.45) is 2.87. The zero-order valence-corrected chi connectivity index (χ0v) is 20.1. The number of hydrogen-bond acceptors (Lipinski definition) is 5. The maximum Gasteiger partial charge on any atom is 0.272 e. The van der Waals surface area contributed by atoms with Gasteiger partial charge in [0.15, 0.2) is 5.69 Å². The fourth-order valence-corrected chi connectivity index (χ4v) is 3.93. The third-order valence-corrected chi connectivity index (χ3v) is 6.59. The highest BCUT2D eigenvalue weighted by atomic mass is 32.2. The average molecular weight is 458 g/mol. The number of likely N-dealkylation sites (N-methyl/N-ethyl adjacent to an activating group) is 1. The van der Waals surface area contributed by atoms with Crippen molar-refractivity contribution >= 4 is 29.5 Å². The van der Waals surface area contributed by atoms with Crippen molar-refractivity contribution in [1.29, 1.82) is 0 Å². The topological polar surface area (TPSA) is 96.3 Å². The van der Waals surface area contributed by atoms with Crippen LogP contribution >= 0.6 is 11.8 Å². The first-order valence-corrected chi connectivity index (χ1v) is 11.9. The Hall–Kier alpha value is -2.81. The lowest BCUT2D eigenvalue weighted by Crippen LogP contribution is -2.62. The molecule has 0 fully saturated rings. The van der Waals surface area contributed by atoms with Crippen LogP contribution in [0.5, 0.6) is 0 Å². The van der Waals surface area contributed by atoms with Gasteiger partial charge in [-0.2, -0.15) is 5.10 Å². The highest BCUT2D eigenvalue weighted by Crippen LogP contribution is 2.26. The molecule has 9 heteroatoms. The number of benzene rings is 1. The summed E-state index contributed by atoms with van der Waals surface area (Å²) < 4.78 is 1.46. The molecule has 172 valence electrons. The van der Waals surface area contributed by atoms with Crippen molar-refractivity contribution in [2.45, 2.75) is 50.7 Å². The number of thioether (sulfide) groups is 1. The molecule has 1 aromatic carbocycles. The van der Waals surface area contributed by atoms with Gasteiger partial charge in [-0.05, 0) is 43.2 Å². The molecule has 0 saturated carbocycles. The summed E-state index contributed by atoms with van der Waals surface area (Å²) in [5.74, 6) is -0.456. The molecular weight excluding hydrogens is 426 g/mol. The molecule has 1 atom stereocenters. The minimum atomic E-state index is -1.08. The molecule has 1 aromatic heterocycles. The highest BCUT2D eigenvalue weighted by molar-refractivity contribution is 7.98. The first kappa shape index (κ1) is 23.8. The fourth-order valence-electron chi connectivity index (χ4n) is 3.52. The molecule has 0 aliphatic carbocycles. The standard InChI is InChI=1S/C23H31N5O3S/c1-15(2)10-11-24-22(31)23(3)14-28-19(21(30)27(23)4)12-18(26-28)20(29)25-13-16-6-8-17(32-5)9-7-16/h6-9,12,15H,10-11,13-14H2,1-5H3,(H,24,31)(H,25,29). The van der Waals surface area contributed by atoms with E-state index in [9.17, 15) is 14.4 Å². The van der Waals surface area contributed by atoms with E-state index >= 15 is 0 Å². The van der Waals surface area contributed by atoms with Gasteiger partial charge in [-0.15, -0.1) is 11.8 Å². The van der Waals surface area contributed by atoms with Gasteiger partial charge in [0.25, 0.3) is 11.8 Å². The first-order valence-electron chi connectivity index (χ1n) is 10.7. The minimum Gasteiger partial charge on any atom is -0.354 e. The van der Waals surface area contributed by atoms with Crippen molar-refractivity contribution < 1.29 is 14.4 Å². The van der Waals surface area contributed by atoms with E-state index in [2.05, 4.69) is 29.6 Å². The zero-order chi connectivity index (χ0) is 23.5. The summed E-state index contributed by atoms with van der Waals surface area (Å²) in [6, 6.07) is 9.42. The predicted octanol–water partition coefficient (Wildman–Crippen LogP) is 2.54. The Morgan fingerprint density at radius 1 is 1.22 bits per heavy atom. The molecule has 3 rings (SSSR count). The molecule has 1 unspecified atom stereocenters. The van der Waals surface area contributed by atoms with Gasteiger partial charge < -0.3 is 15.5 Å². The van der Waals surface area contributed by atoms with E-state index < -0.39 is 5.54 Å². The summed E-state index contributed by atoms with van der Waals surface area (Å²) in [5, 5.41) is 10.1. The van der Waals surface area contributed by atoms with Gasteiger partial charge in [-0.25, -0.2) is 0 Å². The van der Waals surface area contributed by atoms with Crippen molar-refractivity contribution in [3.05, 3.63) is 47.3 Å². The third kappa shape index (κ3) is 4.98. The molecule has 2 heterocycles. The number of carbonyl (C=O) groups is 3. The number of hydrogen-bond donors (Lipinski definition) is 2. The van der Waals surface area contributed by atoms with Crippen LogP contribution in [0.1, 0.15) is 53.7 Å². The molecule has 0 saturated heterocycles. The lowest BCUT2D eigenvalue weighted by Gasteiger charge is -2.40. The molecule has 0 bridgehead atoms. The smallest absolute Gasteiger partial charge is 0.272 e. The van der Waals surface area contributed by atoms with Crippen LogP contribution in [0, 0.1) is 5.92 Å². The second-order valence-electron chi connectivity index (χ2n) is 8.68. The van der Waals surface area contributed by atoms with Crippen LogP contribution in [-0.2, 0) is 17.9 Å². The Balaban J connectivity index is 1.70. The summed E-state index contributed by atoms with van der Waals surface area (Å²) in [6.45, 7) is 6.99. The largest absolute Gasteiger partial charge is 0.354 e. The zero-order valence-electron chi connectivity index (χ0n) is 19.3. The van der Waals surface area contributed by atoms with Gasteiger partial charge in [-0.1, -0.05) is 26.0 Å². The molecule has 2 aromatic rings. The Bertz CT molecular complexity index is 1000. The van der Waals surface area contributed by atoms with Crippen molar-refractivity contribution in [1.82, 2.24) is 25.3 Å². The SMILES string of the molecule is CSc1ccc(CNC(=O)c2cc3n(n2)CC(C)(C(=O)NCCC(C)C)N(C)C3=O)cc1. The number of fused-ring (bicyclic) bond motifs is 1. The second-order valence-corrected chi connectivity index (χ2v) is 9.56. The van der Waals surface area contributed by atoms with Gasteiger partial charge >= 0.3 is 0 Å². The molecule has 1 aliphatic rings. The monoisotopic (exact) mass is 457 g/mol. The fraction of sp³-hybridized carbons (Fsp3) is 0.478. The molecule has 3 amide bonds. The molecular formula is C23H31N5O3S. The van der Waals surface area contributed by atoms with Crippen LogP contribution in [-0.4, -0.2) is 57.8 Å². The van der Waals surface area contributed by atoms with Crippen molar-refractivity contribution in [2.75, 3.05) is 19.8 Å². The minimum absolute atomic E-state index is 0.159. The van der Waals surface area contributed by atoms with E-state index in [0.29, 0.717) is 24.7 Å². The Kier molecular flexibility index (Phi) is 7.28. The number of aromatic nitrogens is 2. The van der Waals surface area contributed by atoms with Gasteiger partial charge in [0.2, 0.25) is 5.91 Å². The van der Waals surface area contributed by atoms with Gasteiger partial charge in [0, 0.05) is 31.1 Å². The lowest BCUT2D eigenvalue weighted by atomic mass is 9.95. The molecule has 8 nitrogen and oxygen atoms in total. The Labute approximate surface area is 193 Å². The Morgan fingerprint density at radius 2 is 1.91 bits per heavy atom. The van der Waals surface area contributed by atoms with Crippen molar-refractivity contribution in [3.63, 3.8) is 0 Å². The molecule has 0 radical (unpaired) electrons. The lowest BCUT2D eigenvalue weighted by molar-refractivity contribution is -0.132. The van der Waals surface area contributed by atoms with Gasteiger partial charge in [-0.3, -0.25) is 19.1 Å². The van der Waals surface area contributed by atoms with Crippen LogP contribution < -0.4 is 10.6 Å². The quantitative estimate of drug-likeness (QED) is 0.594. The van der Waals surface area contributed by atoms with E-state index in [1.165, 1.54) is 15.6 Å². The highest BCUT2D eigenvalue weighted by Gasteiger charge is 2.46. The normalized spacial score (nSPS) is 17.9. The predicted molar refractivity (Wildman–Crippen MR) is 125 cm³/mol. The summed E-state index contributed by atoms with van der Waals surface area (Å²) in [4.78, 5) is 41.1. The van der Waals surface area contributed by atoms with Gasteiger partial charge in [0.1, 0.15) is 11.2 Å². The van der Waals surface area contributed by atoms with Crippen LogP contribution in [0.4, 0.5) is 0 Å². The molecule has 1 aliphatic heterocycles. The third-order valence-electron chi connectivity index (χ3n) is 5.84. The van der Waals surface area contributed by atoms with Crippen molar-refractivity contribution in [3.8, 4) is 0 Å². The van der Waals surface area contributed by atoms with E-state index in [1.807, 2.05) is 30.5 Å². The number of amides is 3. The average Bonchev–Trinajstić information content (AvgIpc) is 3.19. The van der Waals surface area contributed by atoms with E-state index in [0.717, 1.165) is 16.9 Å². The van der Waals surface area contributed by atoms with Crippen LogP contribution in [0.2, 0.25) is 0 Å². The first-order chi connectivity index (χ1) is 15.2. The van der Waals surface area contributed by atoms with Crippen LogP contribution in [0.3, 0.4) is 0 Å². The summed E-state index contributed by atoms with van der Waals surface area (Å²) >= 11 is 1.66. The van der Waals surface area contributed by atoms with Gasteiger partial charge in [0.05, 0.1) is 6.54 Å². The maximum atomic E-state index is 12.9. The number of carbonyl (C=O) groups excluding carboxylic acids is 3. The molecule has 32 heavy (non-hydrogen) atoms. The molecule has 0 spiro atoms. The van der Waals surface area contributed by atoms with E-state index in [1.54, 1.807) is 25.7 Å². The number of nitrogens with one attached hydrogen (secondary N) is 2. The Morgan fingerprint density at radius 3 is 2.53 bits per heavy atom. The van der Waals surface area contributed by atoms with Crippen molar-refractivity contribution in [2.24, 2.45) is 5.92 Å². The molecule has 2 N–H and O–H groups in total. The van der Waals surface area contributed by atoms with Crippen LogP contribution in [0.15, 0.2) is 35.2 Å². The van der Waals surface area contributed by atoms with E-state index in [-0.39, 0.29) is 30.0 Å². The second kappa shape index (κ2) is 9.77. The number of nitrogens with zero attached hydrogens (tertiary/aromatic N) is 3. The summed E-state index contributed by atoms with van der Waals surface area (Å²) in [5.41, 5.74) is 0.350. The van der Waals surface area contributed by atoms with E-state index in [4.69, 9.17) is 0 Å². The maximum absolute atomic E-state index is 12.9.